The van der Waals surface area contributed by atoms with E-state index in [0.717, 1.165) is 0 Å². The van der Waals surface area contributed by atoms with Crippen LogP contribution in [-0.4, -0.2) is 51.3 Å². The molecule has 1 aliphatic heterocycles. The van der Waals surface area contributed by atoms with Gasteiger partial charge in [0.25, 0.3) is 15.9 Å². The molecule has 8 heteroatoms. The highest BCUT2D eigenvalue weighted by molar-refractivity contribution is 7.92. The molecule has 0 bridgehead atoms. The van der Waals surface area contributed by atoms with Gasteiger partial charge in [-0.2, -0.15) is 0 Å². The molecule has 0 unspecified atom stereocenters. The van der Waals surface area contributed by atoms with Crippen LogP contribution in [0.2, 0.25) is 0 Å². The fourth-order valence-corrected chi connectivity index (χ4v) is 3.84. The molecule has 0 atom stereocenters. The number of nitrogens with one attached hydrogen (secondary N) is 1. The SMILES string of the molecule is CC(=O)c1ccc(NS(=O)(=O)c2cccc(C(=O)N3CCOCC3)c2)cc1. The summed E-state index contributed by atoms with van der Waals surface area (Å²) in [5.41, 5.74) is 1.15. The van der Waals surface area contributed by atoms with E-state index in [4.69, 9.17) is 4.74 Å². The van der Waals surface area contributed by atoms with Crippen LogP contribution in [0.1, 0.15) is 27.6 Å². The molecule has 1 N–H and O–H groups in total. The summed E-state index contributed by atoms with van der Waals surface area (Å²) in [4.78, 5) is 25.5. The van der Waals surface area contributed by atoms with Crippen LogP contribution >= 0.6 is 0 Å². The van der Waals surface area contributed by atoms with Gasteiger partial charge in [0.1, 0.15) is 0 Å². The second kappa shape index (κ2) is 7.89. The summed E-state index contributed by atoms with van der Waals surface area (Å²) >= 11 is 0. The van der Waals surface area contributed by atoms with Crippen molar-refractivity contribution in [1.82, 2.24) is 4.90 Å². The summed E-state index contributed by atoms with van der Waals surface area (Å²) in [6, 6.07) is 12.1. The van der Waals surface area contributed by atoms with E-state index in [1.54, 1.807) is 29.2 Å². The molecule has 0 aromatic heterocycles. The molecule has 1 saturated heterocycles. The van der Waals surface area contributed by atoms with Crippen molar-refractivity contribution in [2.75, 3.05) is 31.0 Å². The van der Waals surface area contributed by atoms with Gasteiger partial charge in [0.05, 0.1) is 18.1 Å². The van der Waals surface area contributed by atoms with E-state index in [2.05, 4.69) is 4.72 Å². The number of morpholine rings is 1. The Kier molecular flexibility index (Phi) is 5.57. The lowest BCUT2D eigenvalue weighted by atomic mass is 10.1. The summed E-state index contributed by atoms with van der Waals surface area (Å²) < 4.78 is 33.0. The minimum Gasteiger partial charge on any atom is -0.378 e. The fraction of sp³-hybridized carbons (Fsp3) is 0.263. The largest absolute Gasteiger partial charge is 0.378 e. The van der Waals surface area contributed by atoms with Crippen LogP contribution in [0.3, 0.4) is 0 Å². The normalized spacial score (nSPS) is 14.6. The first-order valence-electron chi connectivity index (χ1n) is 8.48. The molecule has 2 aromatic rings. The van der Waals surface area contributed by atoms with Crippen LogP contribution in [0.5, 0.6) is 0 Å². The Balaban J connectivity index is 1.80. The minimum atomic E-state index is -3.86. The van der Waals surface area contributed by atoms with Gasteiger partial charge in [-0.1, -0.05) is 6.07 Å². The molecular weight excluding hydrogens is 368 g/mol. The third kappa shape index (κ3) is 4.53. The highest BCUT2D eigenvalue weighted by Crippen LogP contribution is 2.19. The Morgan fingerprint density at radius 3 is 2.30 bits per heavy atom. The average Bonchev–Trinajstić information content (AvgIpc) is 2.68. The maximum Gasteiger partial charge on any atom is 0.261 e. The van der Waals surface area contributed by atoms with Crippen LogP contribution in [0, 0.1) is 0 Å². The van der Waals surface area contributed by atoms with Gasteiger partial charge < -0.3 is 9.64 Å². The van der Waals surface area contributed by atoms with E-state index in [1.807, 2.05) is 0 Å². The minimum absolute atomic E-state index is 0.00254. The van der Waals surface area contributed by atoms with Gasteiger partial charge in [-0.25, -0.2) is 8.42 Å². The average molecular weight is 388 g/mol. The zero-order chi connectivity index (χ0) is 19.4. The lowest BCUT2D eigenvalue weighted by Gasteiger charge is -2.27. The third-order valence-electron chi connectivity index (χ3n) is 4.23. The van der Waals surface area contributed by atoms with Crippen LogP contribution in [0.15, 0.2) is 53.4 Å². The number of carbonyl (C=O) groups excluding carboxylic acids is 2. The number of sulfonamides is 1. The van der Waals surface area contributed by atoms with E-state index >= 15 is 0 Å². The molecule has 142 valence electrons. The van der Waals surface area contributed by atoms with E-state index in [-0.39, 0.29) is 16.6 Å². The number of rotatable bonds is 5. The number of amides is 1. The summed E-state index contributed by atoms with van der Waals surface area (Å²) in [6.45, 7) is 3.35. The molecule has 0 spiro atoms. The van der Waals surface area contributed by atoms with Gasteiger partial charge >= 0.3 is 0 Å². The number of anilines is 1. The molecule has 1 fully saturated rings. The number of ether oxygens (including phenoxy) is 1. The molecule has 0 aliphatic carbocycles. The molecule has 7 nitrogen and oxygen atoms in total. The first-order valence-corrected chi connectivity index (χ1v) is 9.96. The fourth-order valence-electron chi connectivity index (χ4n) is 2.73. The molecule has 27 heavy (non-hydrogen) atoms. The van der Waals surface area contributed by atoms with Gasteiger partial charge in [-0.3, -0.25) is 14.3 Å². The second-order valence-corrected chi connectivity index (χ2v) is 7.85. The Morgan fingerprint density at radius 2 is 1.67 bits per heavy atom. The molecule has 0 radical (unpaired) electrons. The number of ketones is 1. The molecule has 2 aromatic carbocycles. The van der Waals surface area contributed by atoms with Crippen molar-refractivity contribution >= 4 is 27.4 Å². The molecule has 1 heterocycles. The maximum atomic E-state index is 12.6. The Labute approximate surface area is 158 Å². The number of Topliss-reactive ketones (excluding diaryl/α,β-unsaturated/α-hetero) is 1. The number of hydrogen-bond donors (Lipinski definition) is 1. The maximum absolute atomic E-state index is 12.6. The van der Waals surface area contributed by atoms with Crippen LogP contribution < -0.4 is 4.72 Å². The van der Waals surface area contributed by atoms with Crippen molar-refractivity contribution in [1.29, 1.82) is 0 Å². The van der Waals surface area contributed by atoms with Crippen molar-refractivity contribution in [2.45, 2.75) is 11.8 Å². The van der Waals surface area contributed by atoms with Crippen LogP contribution in [0.25, 0.3) is 0 Å². The van der Waals surface area contributed by atoms with Crippen LogP contribution in [-0.2, 0) is 14.8 Å². The lowest BCUT2D eigenvalue weighted by Crippen LogP contribution is -2.40. The van der Waals surface area contributed by atoms with Crippen molar-refractivity contribution in [3.63, 3.8) is 0 Å². The third-order valence-corrected chi connectivity index (χ3v) is 5.61. The van der Waals surface area contributed by atoms with Crippen molar-refractivity contribution in [2.24, 2.45) is 0 Å². The molecule has 1 amide bonds. The Bertz CT molecular complexity index is 948. The van der Waals surface area contributed by atoms with Gasteiger partial charge in [0.2, 0.25) is 0 Å². The first-order chi connectivity index (χ1) is 12.9. The summed E-state index contributed by atoms with van der Waals surface area (Å²) in [5.74, 6) is -0.320. The van der Waals surface area contributed by atoms with Crippen molar-refractivity contribution < 1.29 is 22.7 Å². The quantitative estimate of drug-likeness (QED) is 0.793. The van der Waals surface area contributed by atoms with E-state index in [9.17, 15) is 18.0 Å². The van der Waals surface area contributed by atoms with Crippen LogP contribution in [0.4, 0.5) is 5.69 Å². The highest BCUT2D eigenvalue weighted by atomic mass is 32.2. The van der Waals surface area contributed by atoms with Gasteiger partial charge in [0.15, 0.2) is 5.78 Å². The predicted octanol–water partition coefficient (Wildman–Crippen LogP) is 2.16. The van der Waals surface area contributed by atoms with E-state index in [1.165, 1.54) is 31.2 Å². The smallest absolute Gasteiger partial charge is 0.261 e. The van der Waals surface area contributed by atoms with Crippen molar-refractivity contribution in [3.8, 4) is 0 Å². The molecule has 3 rings (SSSR count). The summed E-state index contributed by atoms with van der Waals surface area (Å²) in [5, 5.41) is 0. The second-order valence-electron chi connectivity index (χ2n) is 6.17. The zero-order valence-corrected chi connectivity index (χ0v) is 15.7. The Morgan fingerprint density at radius 1 is 1.00 bits per heavy atom. The molecule has 1 aliphatic rings. The summed E-state index contributed by atoms with van der Waals surface area (Å²) in [6.07, 6.45) is 0. The zero-order valence-electron chi connectivity index (χ0n) is 14.8. The van der Waals surface area contributed by atoms with Gasteiger partial charge in [-0.15, -0.1) is 0 Å². The number of carbonyl (C=O) groups is 2. The number of benzene rings is 2. The topological polar surface area (TPSA) is 92.8 Å². The monoisotopic (exact) mass is 388 g/mol. The molecular formula is C19H20N2O5S. The van der Waals surface area contributed by atoms with Crippen molar-refractivity contribution in [3.05, 3.63) is 59.7 Å². The summed E-state index contributed by atoms with van der Waals surface area (Å²) in [7, 11) is -3.86. The lowest BCUT2D eigenvalue weighted by molar-refractivity contribution is 0.0302. The number of hydrogen-bond acceptors (Lipinski definition) is 5. The number of nitrogens with zero attached hydrogens (tertiary/aromatic N) is 1. The Hall–Kier alpha value is -2.71. The van der Waals surface area contributed by atoms with E-state index < -0.39 is 10.0 Å². The van der Waals surface area contributed by atoms with Gasteiger partial charge in [0, 0.05) is 29.9 Å². The van der Waals surface area contributed by atoms with Gasteiger partial charge in [-0.05, 0) is 49.4 Å². The molecule has 0 saturated carbocycles. The first kappa shape index (κ1) is 19.1. The highest BCUT2D eigenvalue weighted by Gasteiger charge is 2.21. The predicted molar refractivity (Wildman–Crippen MR) is 100 cm³/mol. The van der Waals surface area contributed by atoms with E-state index in [0.29, 0.717) is 43.1 Å². The standard InChI is InChI=1S/C19H20N2O5S/c1-14(22)15-5-7-17(8-6-15)20-27(24,25)18-4-2-3-16(13-18)19(23)21-9-11-26-12-10-21/h2-8,13,20H,9-12H2,1H3.